The SMILES string of the molecule is CC(C)C1=CCN(C(=O)CCN2CCCC2=O)CC1. The smallest absolute Gasteiger partial charge is 0.224 e. The maximum atomic E-state index is 12.1. The van der Waals surface area contributed by atoms with Crippen LogP contribution in [-0.4, -0.2) is 47.8 Å². The minimum absolute atomic E-state index is 0.179. The monoisotopic (exact) mass is 264 g/mol. The highest BCUT2D eigenvalue weighted by Gasteiger charge is 2.23. The molecule has 0 aromatic heterocycles. The van der Waals surface area contributed by atoms with Gasteiger partial charge in [-0.05, 0) is 18.8 Å². The van der Waals surface area contributed by atoms with Gasteiger partial charge in [0.05, 0.1) is 0 Å². The van der Waals surface area contributed by atoms with Gasteiger partial charge in [-0.15, -0.1) is 0 Å². The third kappa shape index (κ3) is 3.58. The predicted octanol–water partition coefficient (Wildman–Crippen LogP) is 1.81. The fourth-order valence-electron chi connectivity index (χ4n) is 2.76. The number of hydrogen-bond acceptors (Lipinski definition) is 2. The number of carbonyl (C=O) groups excluding carboxylic acids is 2. The molecule has 0 aromatic rings. The molecule has 0 aromatic carbocycles. The average Bonchev–Trinajstić information content (AvgIpc) is 2.81. The van der Waals surface area contributed by atoms with E-state index >= 15 is 0 Å². The first-order valence-electron chi connectivity index (χ1n) is 7.32. The molecule has 4 nitrogen and oxygen atoms in total. The molecule has 1 fully saturated rings. The van der Waals surface area contributed by atoms with Gasteiger partial charge >= 0.3 is 0 Å². The lowest BCUT2D eigenvalue weighted by molar-refractivity contribution is -0.132. The Morgan fingerprint density at radius 2 is 2.11 bits per heavy atom. The van der Waals surface area contributed by atoms with Crippen LogP contribution in [0.4, 0.5) is 0 Å². The summed E-state index contributed by atoms with van der Waals surface area (Å²) < 4.78 is 0. The van der Waals surface area contributed by atoms with E-state index in [0.29, 0.717) is 25.3 Å². The van der Waals surface area contributed by atoms with Crippen LogP contribution in [0.15, 0.2) is 11.6 Å². The Kier molecular flexibility index (Phi) is 4.61. The molecule has 19 heavy (non-hydrogen) atoms. The molecule has 2 amide bonds. The minimum atomic E-state index is 0.179. The third-order valence-electron chi connectivity index (χ3n) is 4.11. The molecule has 2 aliphatic rings. The molecule has 2 aliphatic heterocycles. The average molecular weight is 264 g/mol. The van der Waals surface area contributed by atoms with Gasteiger partial charge in [0.2, 0.25) is 11.8 Å². The van der Waals surface area contributed by atoms with Crippen LogP contribution in [-0.2, 0) is 9.59 Å². The standard InChI is InChI=1S/C15H24N2O2/c1-12(2)13-5-9-17(10-6-13)15(19)7-11-16-8-3-4-14(16)18/h5,12H,3-4,6-11H2,1-2H3. The number of rotatable bonds is 4. The van der Waals surface area contributed by atoms with Crippen molar-refractivity contribution in [3.05, 3.63) is 11.6 Å². The molecule has 1 saturated heterocycles. The van der Waals surface area contributed by atoms with Crippen LogP contribution in [0.3, 0.4) is 0 Å². The van der Waals surface area contributed by atoms with E-state index in [-0.39, 0.29) is 11.8 Å². The van der Waals surface area contributed by atoms with Crippen molar-refractivity contribution in [2.45, 2.75) is 39.5 Å². The van der Waals surface area contributed by atoms with Crippen LogP contribution < -0.4 is 0 Å². The van der Waals surface area contributed by atoms with Gasteiger partial charge in [0.15, 0.2) is 0 Å². The molecular formula is C15H24N2O2. The molecule has 0 atom stereocenters. The molecule has 0 N–H and O–H groups in total. The van der Waals surface area contributed by atoms with Crippen molar-refractivity contribution >= 4 is 11.8 Å². The number of likely N-dealkylation sites (tertiary alicyclic amines) is 1. The maximum absolute atomic E-state index is 12.1. The van der Waals surface area contributed by atoms with E-state index < -0.39 is 0 Å². The van der Waals surface area contributed by atoms with Crippen molar-refractivity contribution in [3.8, 4) is 0 Å². The Balaban J connectivity index is 1.77. The van der Waals surface area contributed by atoms with Crippen molar-refractivity contribution in [1.29, 1.82) is 0 Å². The molecular weight excluding hydrogens is 240 g/mol. The van der Waals surface area contributed by atoms with Gasteiger partial charge in [0, 0.05) is 39.0 Å². The second-order valence-electron chi connectivity index (χ2n) is 5.76. The molecule has 0 spiro atoms. The van der Waals surface area contributed by atoms with Gasteiger partial charge < -0.3 is 9.80 Å². The first kappa shape index (κ1) is 14.1. The summed E-state index contributed by atoms with van der Waals surface area (Å²) in [6, 6.07) is 0. The number of nitrogens with zero attached hydrogens (tertiary/aromatic N) is 2. The first-order chi connectivity index (χ1) is 9.08. The Morgan fingerprint density at radius 3 is 2.63 bits per heavy atom. The molecule has 0 saturated carbocycles. The van der Waals surface area contributed by atoms with Crippen molar-refractivity contribution in [2.24, 2.45) is 5.92 Å². The van der Waals surface area contributed by atoms with E-state index in [4.69, 9.17) is 0 Å². The lowest BCUT2D eigenvalue weighted by Gasteiger charge is -2.28. The third-order valence-corrected chi connectivity index (χ3v) is 4.11. The van der Waals surface area contributed by atoms with Crippen molar-refractivity contribution in [1.82, 2.24) is 9.80 Å². The Morgan fingerprint density at radius 1 is 1.32 bits per heavy atom. The number of hydrogen-bond donors (Lipinski definition) is 0. The topological polar surface area (TPSA) is 40.6 Å². The largest absolute Gasteiger partial charge is 0.342 e. The van der Waals surface area contributed by atoms with E-state index in [9.17, 15) is 9.59 Å². The van der Waals surface area contributed by atoms with E-state index in [2.05, 4.69) is 19.9 Å². The highest BCUT2D eigenvalue weighted by atomic mass is 16.2. The molecule has 0 aliphatic carbocycles. The van der Waals surface area contributed by atoms with Gasteiger partial charge in [-0.1, -0.05) is 25.5 Å². The van der Waals surface area contributed by atoms with Gasteiger partial charge in [-0.25, -0.2) is 0 Å². The lowest BCUT2D eigenvalue weighted by atomic mass is 9.97. The Labute approximate surface area is 115 Å². The maximum Gasteiger partial charge on any atom is 0.224 e. The van der Waals surface area contributed by atoms with Gasteiger partial charge in [0.1, 0.15) is 0 Å². The van der Waals surface area contributed by atoms with Gasteiger partial charge in [-0.2, -0.15) is 0 Å². The minimum Gasteiger partial charge on any atom is -0.342 e. The van der Waals surface area contributed by atoms with E-state index in [1.807, 2.05) is 9.80 Å². The normalized spacial score (nSPS) is 20.2. The van der Waals surface area contributed by atoms with E-state index in [0.717, 1.165) is 32.5 Å². The second kappa shape index (κ2) is 6.22. The summed E-state index contributed by atoms with van der Waals surface area (Å²) in [5, 5.41) is 0. The molecule has 4 heteroatoms. The van der Waals surface area contributed by atoms with Crippen LogP contribution in [0.1, 0.15) is 39.5 Å². The fourth-order valence-corrected chi connectivity index (χ4v) is 2.76. The van der Waals surface area contributed by atoms with Crippen LogP contribution in [0, 0.1) is 5.92 Å². The fraction of sp³-hybridized carbons (Fsp3) is 0.733. The first-order valence-corrected chi connectivity index (χ1v) is 7.32. The quantitative estimate of drug-likeness (QED) is 0.727. The summed E-state index contributed by atoms with van der Waals surface area (Å²) in [6.07, 6.45) is 5.24. The Bertz CT molecular complexity index is 388. The molecule has 2 rings (SSSR count). The Hall–Kier alpha value is -1.32. The van der Waals surface area contributed by atoms with Crippen molar-refractivity contribution in [3.63, 3.8) is 0 Å². The molecule has 106 valence electrons. The number of carbonyl (C=O) groups is 2. The lowest BCUT2D eigenvalue weighted by Crippen LogP contribution is -2.37. The summed E-state index contributed by atoms with van der Waals surface area (Å²) in [5.74, 6) is 0.965. The summed E-state index contributed by atoms with van der Waals surface area (Å²) in [5.41, 5.74) is 1.46. The highest BCUT2D eigenvalue weighted by molar-refractivity contribution is 5.80. The molecule has 0 unspecified atom stereocenters. The summed E-state index contributed by atoms with van der Waals surface area (Å²) in [4.78, 5) is 27.3. The second-order valence-corrected chi connectivity index (χ2v) is 5.76. The van der Waals surface area contributed by atoms with Gasteiger partial charge in [-0.3, -0.25) is 9.59 Å². The summed E-state index contributed by atoms with van der Waals surface area (Å²) in [7, 11) is 0. The molecule has 0 bridgehead atoms. The zero-order chi connectivity index (χ0) is 13.8. The number of amides is 2. The zero-order valence-electron chi connectivity index (χ0n) is 12.0. The van der Waals surface area contributed by atoms with Crippen LogP contribution in [0.25, 0.3) is 0 Å². The molecule has 0 radical (unpaired) electrons. The van der Waals surface area contributed by atoms with Crippen molar-refractivity contribution < 1.29 is 9.59 Å². The van der Waals surface area contributed by atoms with Crippen LogP contribution >= 0.6 is 0 Å². The predicted molar refractivity (Wildman–Crippen MR) is 74.5 cm³/mol. The highest BCUT2D eigenvalue weighted by Crippen LogP contribution is 2.19. The summed E-state index contributed by atoms with van der Waals surface area (Å²) in [6.45, 7) is 7.38. The molecule has 2 heterocycles. The van der Waals surface area contributed by atoms with Gasteiger partial charge in [0.25, 0.3) is 0 Å². The van der Waals surface area contributed by atoms with Crippen LogP contribution in [0.5, 0.6) is 0 Å². The zero-order valence-corrected chi connectivity index (χ0v) is 12.0. The van der Waals surface area contributed by atoms with Crippen LogP contribution in [0.2, 0.25) is 0 Å². The van der Waals surface area contributed by atoms with E-state index in [1.165, 1.54) is 5.57 Å². The van der Waals surface area contributed by atoms with E-state index in [1.54, 1.807) is 0 Å². The summed E-state index contributed by atoms with van der Waals surface area (Å²) >= 11 is 0. The van der Waals surface area contributed by atoms with Crippen molar-refractivity contribution in [2.75, 3.05) is 26.2 Å².